The van der Waals surface area contributed by atoms with Gasteiger partial charge >= 0.3 is 0 Å². The lowest BCUT2D eigenvalue weighted by Gasteiger charge is -2.05. The van der Waals surface area contributed by atoms with Gasteiger partial charge in [-0.3, -0.25) is 19.0 Å². The van der Waals surface area contributed by atoms with E-state index in [9.17, 15) is 9.59 Å². The van der Waals surface area contributed by atoms with Crippen molar-refractivity contribution in [3.05, 3.63) is 23.7 Å². The summed E-state index contributed by atoms with van der Waals surface area (Å²) in [6.07, 6.45) is 3.02. The van der Waals surface area contributed by atoms with E-state index in [4.69, 9.17) is 11.5 Å². The number of hydrogen-bond acceptors (Lipinski definition) is 5. The third kappa shape index (κ3) is 2.60. The van der Waals surface area contributed by atoms with Crippen LogP contribution in [0.25, 0.3) is 0 Å². The Labute approximate surface area is 114 Å². The first-order chi connectivity index (χ1) is 9.38. The number of hydrogen-bond donors (Lipinski definition) is 3. The number of primary amides is 1. The first-order valence-corrected chi connectivity index (χ1v) is 5.79. The number of anilines is 2. The molecule has 2 aromatic rings. The summed E-state index contributed by atoms with van der Waals surface area (Å²) in [5, 5.41) is 10.4. The predicted molar refractivity (Wildman–Crippen MR) is 71.7 cm³/mol. The highest BCUT2D eigenvalue weighted by molar-refractivity contribution is 6.01. The molecule has 0 unspecified atom stereocenters. The van der Waals surface area contributed by atoms with E-state index < -0.39 is 5.91 Å². The van der Waals surface area contributed by atoms with Crippen LogP contribution in [-0.4, -0.2) is 31.4 Å². The van der Waals surface area contributed by atoms with Crippen LogP contribution in [0.5, 0.6) is 0 Å². The van der Waals surface area contributed by atoms with Crippen molar-refractivity contribution in [2.75, 3.05) is 11.1 Å². The number of nitrogen functional groups attached to an aromatic ring is 1. The summed E-state index contributed by atoms with van der Waals surface area (Å²) in [7, 11) is 1.56. The molecule has 0 atom stereocenters. The van der Waals surface area contributed by atoms with E-state index >= 15 is 0 Å². The molecule has 0 aromatic carbocycles. The summed E-state index contributed by atoms with van der Waals surface area (Å²) in [5.74, 6) is -0.653. The van der Waals surface area contributed by atoms with Crippen LogP contribution in [0.3, 0.4) is 0 Å². The number of rotatable bonds is 4. The fraction of sp³-hybridized carbons (Fsp3) is 0.273. The number of nitrogens with zero attached hydrogens (tertiary/aromatic N) is 4. The van der Waals surface area contributed by atoms with E-state index in [1.54, 1.807) is 20.2 Å². The quantitative estimate of drug-likeness (QED) is 0.675. The van der Waals surface area contributed by atoms with Crippen LogP contribution in [0.1, 0.15) is 16.1 Å². The molecule has 2 rings (SSSR count). The average Bonchev–Trinajstić information content (AvgIpc) is 2.83. The van der Waals surface area contributed by atoms with Crippen molar-refractivity contribution >= 4 is 23.3 Å². The second kappa shape index (κ2) is 5.03. The van der Waals surface area contributed by atoms with Crippen LogP contribution < -0.4 is 16.8 Å². The van der Waals surface area contributed by atoms with Gasteiger partial charge in [-0.2, -0.15) is 10.2 Å². The lowest BCUT2D eigenvalue weighted by molar-refractivity contribution is -0.116. The third-order valence-electron chi connectivity index (χ3n) is 2.73. The van der Waals surface area contributed by atoms with Gasteiger partial charge in [0.2, 0.25) is 5.91 Å². The van der Waals surface area contributed by atoms with Crippen molar-refractivity contribution < 1.29 is 9.59 Å². The van der Waals surface area contributed by atoms with E-state index in [0.29, 0.717) is 5.82 Å². The zero-order valence-corrected chi connectivity index (χ0v) is 11.1. The molecule has 0 radical (unpaired) electrons. The molecule has 20 heavy (non-hydrogen) atoms. The zero-order valence-electron chi connectivity index (χ0n) is 11.1. The van der Waals surface area contributed by atoms with E-state index in [2.05, 4.69) is 15.5 Å². The average molecular weight is 277 g/mol. The maximum Gasteiger partial charge on any atom is 0.269 e. The molecule has 0 aliphatic rings. The minimum Gasteiger partial charge on any atom is -0.382 e. The molecule has 0 aliphatic heterocycles. The van der Waals surface area contributed by atoms with Crippen LogP contribution in [0.4, 0.5) is 11.5 Å². The summed E-state index contributed by atoms with van der Waals surface area (Å²) in [5.41, 5.74) is 12.0. The van der Waals surface area contributed by atoms with Crippen molar-refractivity contribution in [2.45, 2.75) is 13.5 Å². The summed E-state index contributed by atoms with van der Waals surface area (Å²) < 4.78 is 2.72. The monoisotopic (exact) mass is 277 g/mol. The molecule has 0 saturated heterocycles. The molecule has 0 spiro atoms. The van der Waals surface area contributed by atoms with Gasteiger partial charge in [0, 0.05) is 18.8 Å². The van der Waals surface area contributed by atoms with Crippen LogP contribution in [0, 0.1) is 6.92 Å². The minimum atomic E-state index is -0.667. The number of amides is 2. The highest BCUT2D eigenvalue weighted by Crippen LogP contribution is 2.13. The van der Waals surface area contributed by atoms with Gasteiger partial charge in [-0.05, 0) is 6.92 Å². The third-order valence-corrected chi connectivity index (χ3v) is 2.73. The largest absolute Gasteiger partial charge is 0.382 e. The van der Waals surface area contributed by atoms with Crippen LogP contribution in [0.2, 0.25) is 0 Å². The second-order valence-electron chi connectivity index (χ2n) is 4.34. The van der Waals surface area contributed by atoms with Crippen molar-refractivity contribution in [1.82, 2.24) is 19.6 Å². The normalized spacial score (nSPS) is 10.5. The second-order valence-corrected chi connectivity index (χ2v) is 4.34. The predicted octanol–water partition coefficient (Wildman–Crippen LogP) is -0.755. The van der Waals surface area contributed by atoms with Gasteiger partial charge in [-0.25, -0.2) is 0 Å². The Hall–Kier alpha value is -2.84. The Morgan fingerprint density at radius 3 is 2.70 bits per heavy atom. The van der Waals surface area contributed by atoms with E-state index in [0.717, 1.165) is 5.56 Å². The summed E-state index contributed by atoms with van der Waals surface area (Å²) in [6, 6.07) is 0. The van der Waals surface area contributed by atoms with Gasteiger partial charge in [0.1, 0.15) is 18.1 Å². The Bertz CT molecular complexity index is 651. The molecular formula is C11H15N7O2. The lowest BCUT2D eigenvalue weighted by Crippen LogP contribution is -2.22. The van der Waals surface area contributed by atoms with Gasteiger partial charge < -0.3 is 16.8 Å². The summed E-state index contributed by atoms with van der Waals surface area (Å²) in [4.78, 5) is 23.2. The van der Waals surface area contributed by atoms with Crippen LogP contribution in [-0.2, 0) is 18.4 Å². The van der Waals surface area contributed by atoms with Gasteiger partial charge in [0.25, 0.3) is 5.91 Å². The van der Waals surface area contributed by atoms with Gasteiger partial charge in [-0.15, -0.1) is 0 Å². The number of aromatic nitrogens is 4. The van der Waals surface area contributed by atoms with E-state index in [-0.39, 0.29) is 23.8 Å². The summed E-state index contributed by atoms with van der Waals surface area (Å²) >= 11 is 0. The summed E-state index contributed by atoms with van der Waals surface area (Å²) in [6.45, 7) is 1.77. The Balaban J connectivity index is 2.10. The molecule has 5 N–H and O–H groups in total. The van der Waals surface area contributed by atoms with E-state index in [1.165, 1.54) is 15.6 Å². The van der Waals surface area contributed by atoms with Gasteiger partial charge in [-0.1, -0.05) is 0 Å². The number of aryl methyl sites for hydroxylation is 2. The van der Waals surface area contributed by atoms with Crippen LogP contribution in [0.15, 0.2) is 12.4 Å². The molecule has 2 amide bonds. The molecule has 2 heterocycles. The smallest absolute Gasteiger partial charge is 0.269 e. The molecule has 9 nitrogen and oxygen atoms in total. The Kier molecular flexibility index (Phi) is 3.42. The first kappa shape index (κ1) is 13.6. The molecule has 0 saturated carbocycles. The fourth-order valence-corrected chi connectivity index (χ4v) is 1.77. The maximum absolute atomic E-state index is 11.9. The molecule has 2 aromatic heterocycles. The number of nitrogens with two attached hydrogens (primary N) is 2. The number of nitrogens with one attached hydrogen (secondary N) is 1. The van der Waals surface area contributed by atoms with Gasteiger partial charge in [0.15, 0.2) is 0 Å². The number of carbonyl (C=O) groups is 2. The molecule has 9 heteroatoms. The first-order valence-electron chi connectivity index (χ1n) is 5.79. The van der Waals surface area contributed by atoms with Crippen LogP contribution >= 0.6 is 0 Å². The maximum atomic E-state index is 11.9. The van der Waals surface area contributed by atoms with Gasteiger partial charge in [0.05, 0.1) is 11.9 Å². The fourth-order valence-electron chi connectivity index (χ4n) is 1.77. The Morgan fingerprint density at radius 2 is 2.15 bits per heavy atom. The molecule has 0 fully saturated rings. The molecule has 0 bridgehead atoms. The highest BCUT2D eigenvalue weighted by Gasteiger charge is 2.16. The van der Waals surface area contributed by atoms with E-state index in [1.807, 2.05) is 0 Å². The SMILES string of the molecule is Cc1cn(CC(=O)Nc2cnn(C)c2C(N)=O)nc1N. The van der Waals surface area contributed by atoms with Crippen molar-refractivity contribution in [1.29, 1.82) is 0 Å². The standard InChI is InChI=1S/C11H15N7O2/c1-6-4-18(16-10(6)12)5-8(19)15-7-3-14-17(2)9(7)11(13)20/h3-4H,5H2,1-2H3,(H2,12,16)(H2,13,20)(H,15,19). The lowest BCUT2D eigenvalue weighted by atomic mass is 10.3. The topological polar surface area (TPSA) is 134 Å². The molecule has 0 aliphatic carbocycles. The molecule has 106 valence electrons. The zero-order chi connectivity index (χ0) is 14.9. The van der Waals surface area contributed by atoms with Crippen molar-refractivity contribution in [3.8, 4) is 0 Å². The van der Waals surface area contributed by atoms with Crippen molar-refractivity contribution in [3.63, 3.8) is 0 Å². The number of carbonyl (C=O) groups excluding carboxylic acids is 2. The highest BCUT2D eigenvalue weighted by atomic mass is 16.2. The Morgan fingerprint density at radius 1 is 1.45 bits per heavy atom. The molecular weight excluding hydrogens is 262 g/mol. The van der Waals surface area contributed by atoms with Crippen molar-refractivity contribution in [2.24, 2.45) is 12.8 Å². The minimum absolute atomic E-state index is 0.0227.